The van der Waals surface area contributed by atoms with E-state index in [2.05, 4.69) is 16.0 Å². The number of nitrogens with one attached hydrogen (secondary N) is 3. The molecule has 9 nitrogen and oxygen atoms in total. The largest absolute Gasteiger partial charge is 0.353 e. The van der Waals surface area contributed by atoms with Crippen LogP contribution in [0.25, 0.3) is 0 Å². The Bertz CT molecular complexity index is 878. The van der Waals surface area contributed by atoms with Gasteiger partial charge in [0.2, 0.25) is 17.6 Å². The highest BCUT2D eigenvalue weighted by atomic mass is 35.5. The van der Waals surface area contributed by atoms with Gasteiger partial charge in [-0.1, -0.05) is 48.5 Å². The summed E-state index contributed by atoms with van der Waals surface area (Å²) in [5.41, 5.74) is 6.76. The monoisotopic (exact) mass is 543 g/mol. The van der Waals surface area contributed by atoms with Crippen LogP contribution in [0.4, 0.5) is 0 Å². The van der Waals surface area contributed by atoms with Gasteiger partial charge in [-0.3, -0.25) is 19.2 Å². The number of hydrogen-bond donors (Lipinski definition) is 4. The van der Waals surface area contributed by atoms with Gasteiger partial charge in [0.15, 0.2) is 0 Å². The van der Waals surface area contributed by atoms with Crippen LogP contribution in [0, 0.1) is 6.92 Å². The molecule has 3 rings (SSSR count). The average Bonchev–Trinajstić information content (AvgIpc) is 3.36. The van der Waals surface area contributed by atoms with Gasteiger partial charge >= 0.3 is 0 Å². The van der Waals surface area contributed by atoms with Crippen LogP contribution < -0.4 is 21.7 Å². The zero-order valence-corrected chi connectivity index (χ0v) is 22.9. The van der Waals surface area contributed by atoms with Crippen LogP contribution in [0.1, 0.15) is 50.5 Å². The van der Waals surface area contributed by atoms with E-state index in [1.165, 1.54) is 44.1 Å². The highest BCUT2D eigenvalue weighted by Crippen LogP contribution is 2.21. The second kappa shape index (κ2) is 17.3. The Morgan fingerprint density at radius 3 is 2.14 bits per heavy atom. The molecule has 36 heavy (non-hydrogen) atoms. The number of Topliss-reactive ketones (excluding diaryl/α,β-unsaturated/α-hetero) is 1. The molecule has 5 N–H and O–H groups in total. The fourth-order valence-electron chi connectivity index (χ4n) is 3.83. The van der Waals surface area contributed by atoms with Crippen molar-refractivity contribution >= 4 is 46.7 Å². The summed E-state index contributed by atoms with van der Waals surface area (Å²) in [5, 5.41) is 8.57. The Labute approximate surface area is 223 Å². The summed E-state index contributed by atoms with van der Waals surface area (Å²) in [7, 11) is 3.00. The van der Waals surface area contributed by atoms with E-state index in [9.17, 15) is 19.2 Å². The van der Waals surface area contributed by atoms with Crippen molar-refractivity contribution in [1.29, 1.82) is 0 Å². The molecule has 1 aliphatic carbocycles. The number of nitrogens with two attached hydrogens (primary N) is 1. The van der Waals surface area contributed by atoms with Crippen LogP contribution in [0.2, 0.25) is 10.0 Å². The number of likely N-dealkylation sites (N-methyl/N-ethyl adjacent to an activating group) is 2. The third-order valence-corrected chi connectivity index (χ3v) is 6.57. The summed E-state index contributed by atoms with van der Waals surface area (Å²) >= 11 is 11.3. The number of halogens is 2. The fraction of sp³-hybridized carbons (Fsp3) is 0.600. The maximum Gasteiger partial charge on any atom is 0.289 e. The lowest BCUT2D eigenvalue weighted by molar-refractivity contribution is -0.140. The maximum atomic E-state index is 12.0. The van der Waals surface area contributed by atoms with Gasteiger partial charge in [-0.25, -0.2) is 0 Å². The summed E-state index contributed by atoms with van der Waals surface area (Å²) in [6, 6.07) is 5.53. The second-order valence-electron chi connectivity index (χ2n) is 8.81. The SMILES string of the molecule is CNCC(=O)N1CCC[C@H]1C(=O)NCC(=O)C(=O)NC.Cc1ccc(Cl)c(Cl)c1.NC1CCCCC1. The normalized spacial score (nSPS) is 17.2. The number of ketones is 1. The minimum Gasteiger partial charge on any atom is -0.353 e. The van der Waals surface area contributed by atoms with E-state index in [1.54, 1.807) is 13.1 Å². The summed E-state index contributed by atoms with van der Waals surface area (Å²) in [4.78, 5) is 47.6. The minimum atomic E-state index is -0.750. The average molecular weight is 545 g/mol. The van der Waals surface area contributed by atoms with E-state index in [-0.39, 0.29) is 19.0 Å². The molecule has 11 heteroatoms. The van der Waals surface area contributed by atoms with Crippen molar-refractivity contribution < 1.29 is 19.2 Å². The van der Waals surface area contributed by atoms with E-state index in [1.807, 2.05) is 19.1 Å². The van der Waals surface area contributed by atoms with Crippen LogP contribution in [-0.2, 0) is 19.2 Å². The van der Waals surface area contributed by atoms with Crippen molar-refractivity contribution in [2.24, 2.45) is 5.73 Å². The molecule has 202 valence electrons. The number of amides is 3. The topological polar surface area (TPSA) is 134 Å². The first-order chi connectivity index (χ1) is 17.1. The quantitative estimate of drug-likeness (QED) is 0.406. The maximum absolute atomic E-state index is 12.0. The Hall–Kier alpha value is -2.20. The number of likely N-dealkylation sites (tertiary alicyclic amines) is 1. The molecule has 0 bridgehead atoms. The van der Waals surface area contributed by atoms with Gasteiger partial charge in [0.1, 0.15) is 6.04 Å². The third-order valence-electron chi connectivity index (χ3n) is 5.83. The van der Waals surface area contributed by atoms with Gasteiger partial charge in [0.25, 0.3) is 5.91 Å². The number of rotatable bonds is 6. The lowest BCUT2D eigenvalue weighted by Gasteiger charge is -2.23. The smallest absolute Gasteiger partial charge is 0.289 e. The molecular weight excluding hydrogens is 505 g/mol. The zero-order chi connectivity index (χ0) is 27.1. The standard InChI is InChI=1S/C12H20N4O4.C7H6Cl2.C6H13N/c1-13-7-10(18)16-5-3-4-8(16)11(19)15-6-9(17)12(20)14-2;1-5-2-3-6(8)7(9)4-5;7-6-4-2-1-3-5-6/h8,13H,3-7H2,1-2H3,(H,14,20)(H,15,19);2-4H,1H3;6H,1-5,7H2/t8-;;/m0../s1. The molecule has 0 unspecified atom stereocenters. The van der Waals surface area contributed by atoms with Gasteiger partial charge in [0, 0.05) is 19.6 Å². The number of hydrogen-bond acceptors (Lipinski definition) is 6. The molecule has 1 aromatic rings. The molecule has 0 aromatic heterocycles. The molecule has 1 heterocycles. The van der Waals surface area contributed by atoms with E-state index >= 15 is 0 Å². The van der Waals surface area contributed by atoms with Gasteiger partial charge in [-0.05, 0) is 57.4 Å². The van der Waals surface area contributed by atoms with Crippen LogP contribution in [-0.4, -0.2) is 74.2 Å². The van der Waals surface area contributed by atoms with Crippen molar-refractivity contribution in [3.8, 4) is 0 Å². The predicted octanol–water partition coefficient (Wildman–Crippen LogP) is 2.21. The number of carbonyl (C=O) groups is 4. The Kier molecular flexibility index (Phi) is 15.3. The van der Waals surface area contributed by atoms with Crippen LogP contribution in [0.15, 0.2) is 18.2 Å². The summed E-state index contributed by atoms with van der Waals surface area (Å²) in [5.74, 6) is -2.02. The molecular formula is C25H39Cl2N5O4. The van der Waals surface area contributed by atoms with E-state index < -0.39 is 23.6 Å². The number of aryl methyl sites for hydroxylation is 1. The molecule has 1 saturated carbocycles. The van der Waals surface area contributed by atoms with Crippen molar-refractivity contribution in [1.82, 2.24) is 20.9 Å². The van der Waals surface area contributed by atoms with Crippen LogP contribution in [0.3, 0.4) is 0 Å². The van der Waals surface area contributed by atoms with Gasteiger partial charge < -0.3 is 26.6 Å². The molecule has 2 fully saturated rings. The first kappa shape index (κ1) is 31.8. The van der Waals surface area contributed by atoms with Crippen molar-refractivity contribution in [3.63, 3.8) is 0 Å². The number of nitrogens with zero attached hydrogens (tertiary/aromatic N) is 1. The van der Waals surface area contributed by atoms with E-state index in [4.69, 9.17) is 28.9 Å². The van der Waals surface area contributed by atoms with Crippen molar-refractivity contribution in [2.45, 2.75) is 64.0 Å². The Morgan fingerprint density at radius 2 is 1.64 bits per heavy atom. The predicted molar refractivity (Wildman–Crippen MR) is 143 cm³/mol. The molecule has 1 atom stereocenters. The molecule has 1 saturated heterocycles. The first-order valence-electron chi connectivity index (χ1n) is 12.2. The highest BCUT2D eigenvalue weighted by molar-refractivity contribution is 6.42. The highest BCUT2D eigenvalue weighted by Gasteiger charge is 2.33. The van der Waals surface area contributed by atoms with Gasteiger partial charge in [-0.2, -0.15) is 0 Å². The summed E-state index contributed by atoms with van der Waals surface area (Å²) < 4.78 is 0. The van der Waals surface area contributed by atoms with Crippen molar-refractivity contribution in [3.05, 3.63) is 33.8 Å². The van der Waals surface area contributed by atoms with Gasteiger partial charge in [-0.15, -0.1) is 0 Å². The van der Waals surface area contributed by atoms with Gasteiger partial charge in [0.05, 0.1) is 23.1 Å². The fourth-order valence-corrected chi connectivity index (χ4v) is 4.18. The Morgan fingerprint density at radius 1 is 0.972 bits per heavy atom. The number of benzene rings is 1. The molecule has 2 aliphatic rings. The van der Waals surface area contributed by atoms with Crippen molar-refractivity contribution in [2.75, 3.05) is 33.7 Å². The number of carbonyl (C=O) groups excluding carboxylic acids is 4. The third kappa shape index (κ3) is 11.7. The molecule has 0 spiro atoms. The minimum absolute atomic E-state index is 0.150. The summed E-state index contributed by atoms with van der Waals surface area (Å²) in [6.45, 7) is 2.31. The Balaban J connectivity index is 0.000000328. The van der Waals surface area contributed by atoms with E-state index in [0.717, 1.165) is 12.0 Å². The van der Waals surface area contributed by atoms with E-state index in [0.29, 0.717) is 29.1 Å². The molecule has 0 radical (unpaired) electrons. The molecule has 1 aliphatic heterocycles. The molecule has 3 amide bonds. The van der Waals surface area contributed by atoms with Crippen LogP contribution >= 0.6 is 23.2 Å². The summed E-state index contributed by atoms with van der Waals surface area (Å²) in [6.07, 6.45) is 7.97. The lowest BCUT2D eigenvalue weighted by Crippen LogP contribution is -2.49. The second-order valence-corrected chi connectivity index (χ2v) is 9.63. The zero-order valence-electron chi connectivity index (χ0n) is 21.4. The lowest BCUT2D eigenvalue weighted by atomic mass is 9.97. The first-order valence-corrected chi connectivity index (χ1v) is 13.0. The van der Waals surface area contributed by atoms with Crippen LogP contribution in [0.5, 0.6) is 0 Å². The molecule has 1 aromatic carbocycles.